The van der Waals surface area contributed by atoms with E-state index in [1.165, 1.54) is 0 Å². The van der Waals surface area contributed by atoms with Gasteiger partial charge in [0.25, 0.3) is 0 Å². The van der Waals surface area contributed by atoms with Crippen molar-refractivity contribution in [1.29, 1.82) is 0 Å². The van der Waals surface area contributed by atoms with Crippen LogP contribution in [0.4, 0.5) is 0 Å². The van der Waals surface area contributed by atoms with E-state index in [0.29, 0.717) is 0 Å². The van der Waals surface area contributed by atoms with E-state index >= 15 is 0 Å². The minimum atomic E-state index is -0.509. The molecule has 0 aliphatic heterocycles. The third kappa shape index (κ3) is 1.99. The summed E-state index contributed by atoms with van der Waals surface area (Å²) in [6, 6.07) is 1.88. The molecule has 0 fully saturated rings. The fourth-order valence-corrected chi connectivity index (χ4v) is 2.44. The molecule has 0 amide bonds. The molecule has 0 spiro atoms. The first-order valence-electron chi connectivity index (χ1n) is 5.83. The minimum Gasteiger partial charge on any atom is -0.385 e. The van der Waals surface area contributed by atoms with Gasteiger partial charge in [0.2, 0.25) is 0 Å². The molecule has 0 radical (unpaired) electrons. The number of likely N-dealkylation sites (N-methyl/N-ethyl adjacent to an activating group) is 1. The van der Waals surface area contributed by atoms with Crippen LogP contribution in [0.2, 0.25) is 0 Å². The maximum Gasteiger partial charge on any atom is 0.114 e. The SMILES string of the molecule is CCC(CC)(C(O)c1ccnn1C)N(C)C. The van der Waals surface area contributed by atoms with Crippen LogP contribution >= 0.6 is 0 Å². The lowest BCUT2D eigenvalue weighted by Crippen LogP contribution is -2.48. The lowest BCUT2D eigenvalue weighted by Gasteiger charge is -2.42. The van der Waals surface area contributed by atoms with Crippen molar-refractivity contribution in [2.24, 2.45) is 7.05 Å². The van der Waals surface area contributed by atoms with Gasteiger partial charge in [0.15, 0.2) is 0 Å². The highest BCUT2D eigenvalue weighted by Gasteiger charge is 2.38. The molecule has 1 aromatic rings. The molecule has 92 valence electrons. The molecular weight excluding hydrogens is 202 g/mol. The van der Waals surface area contributed by atoms with Crippen LogP contribution in [0.25, 0.3) is 0 Å². The van der Waals surface area contributed by atoms with Crippen LogP contribution in [0.3, 0.4) is 0 Å². The standard InChI is InChI=1S/C12H23N3O/c1-6-12(7-2,14(3)4)11(16)10-8-9-13-15(10)5/h8-9,11,16H,6-7H2,1-5H3. The fraction of sp³-hybridized carbons (Fsp3) is 0.750. The van der Waals surface area contributed by atoms with Crippen molar-refractivity contribution in [3.8, 4) is 0 Å². The predicted molar refractivity (Wildman–Crippen MR) is 65.2 cm³/mol. The van der Waals surface area contributed by atoms with Crippen molar-refractivity contribution in [2.45, 2.75) is 38.3 Å². The number of rotatable bonds is 5. The normalized spacial score (nSPS) is 14.4. The van der Waals surface area contributed by atoms with Crippen LogP contribution in [-0.4, -0.2) is 39.4 Å². The molecule has 4 heteroatoms. The second-order valence-corrected chi connectivity index (χ2v) is 4.49. The first-order valence-corrected chi connectivity index (χ1v) is 5.83. The van der Waals surface area contributed by atoms with Crippen LogP contribution < -0.4 is 0 Å². The number of aliphatic hydroxyl groups excluding tert-OH is 1. The highest BCUT2D eigenvalue weighted by atomic mass is 16.3. The predicted octanol–water partition coefficient (Wildman–Crippen LogP) is 1.57. The number of hydrogen-bond donors (Lipinski definition) is 1. The summed E-state index contributed by atoms with van der Waals surface area (Å²) >= 11 is 0. The van der Waals surface area contributed by atoms with Gasteiger partial charge in [0.1, 0.15) is 6.10 Å². The van der Waals surface area contributed by atoms with Gasteiger partial charge in [-0.25, -0.2) is 0 Å². The molecule has 1 unspecified atom stereocenters. The van der Waals surface area contributed by atoms with Gasteiger partial charge in [-0.05, 0) is 33.0 Å². The quantitative estimate of drug-likeness (QED) is 0.827. The van der Waals surface area contributed by atoms with E-state index in [9.17, 15) is 5.11 Å². The van der Waals surface area contributed by atoms with Gasteiger partial charge in [-0.3, -0.25) is 4.68 Å². The smallest absolute Gasteiger partial charge is 0.114 e. The van der Waals surface area contributed by atoms with Crippen LogP contribution in [0, 0.1) is 0 Å². The van der Waals surface area contributed by atoms with E-state index in [1.54, 1.807) is 10.9 Å². The van der Waals surface area contributed by atoms with Crippen molar-refractivity contribution < 1.29 is 5.11 Å². The Bertz CT molecular complexity index is 329. The third-order valence-electron chi connectivity index (χ3n) is 3.76. The summed E-state index contributed by atoms with van der Waals surface area (Å²) in [7, 11) is 5.91. The molecule has 0 aromatic carbocycles. The van der Waals surface area contributed by atoms with Gasteiger partial charge in [0.05, 0.1) is 11.2 Å². The Hall–Kier alpha value is -0.870. The summed E-state index contributed by atoms with van der Waals surface area (Å²) in [5.74, 6) is 0. The molecule has 1 atom stereocenters. The highest BCUT2D eigenvalue weighted by Crippen LogP contribution is 2.35. The molecule has 1 aromatic heterocycles. The maximum absolute atomic E-state index is 10.6. The Labute approximate surface area is 97.9 Å². The molecule has 0 saturated heterocycles. The molecule has 0 bridgehead atoms. The van der Waals surface area contributed by atoms with Gasteiger partial charge in [-0.15, -0.1) is 0 Å². The molecular formula is C12H23N3O. The Kier molecular flexibility index (Phi) is 4.10. The second kappa shape index (κ2) is 4.97. The van der Waals surface area contributed by atoms with Crippen molar-refractivity contribution in [1.82, 2.24) is 14.7 Å². The van der Waals surface area contributed by atoms with Crippen molar-refractivity contribution in [3.63, 3.8) is 0 Å². The average Bonchev–Trinajstić information content (AvgIpc) is 2.66. The van der Waals surface area contributed by atoms with Crippen LogP contribution in [0.5, 0.6) is 0 Å². The van der Waals surface area contributed by atoms with Gasteiger partial charge in [-0.1, -0.05) is 13.8 Å². The summed E-state index contributed by atoms with van der Waals surface area (Å²) in [6.45, 7) is 4.23. The summed E-state index contributed by atoms with van der Waals surface area (Å²) in [5, 5.41) is 14.7. The lowest BCUT2D eigenvalue weighted by atomic mass is 9.83. The largest absolute Gasteiger partial charge is 0.385 e. The molecule has 1 heterocycles. The first kappa shape index (κ1) is 13.2. The van der Waals surface area contributed by atoms with E-state index in [2.05, 4.69) is 23.8 Å². The van der Waals surface area contributed by atoms with Gasteiger partial charge in [0, 0.05) is 13.2 Å². The number of aryl methyl sites for hydroxylation is 1. The summed E-state index contributed by atoms with van der Waals surface area (Å²) in [5.41, 5.74) is 0.658. The zero-order chi connectivity index (χ0) is 12.3. The summed E-state index contributed by atoms with van der Waals surface area (Å²) in [4.78, 5) is 2.12. The average molecular weight is 225 g/mol. The zero-order valence-electron chi connectivity index (χ0n) is 10.9. The number of nitrogens with zero attached hydrogens (tertiary/aromatic N) is 3. The lowest BCUT2D eigenvalue weighted by molar-refractivity contribution is -0.0193. The van der Waals surface area contributed by atoms with Crippen LogP contribution in [-0.2, 0) is 7.05 Å². The van der Waals surface area contributed by atoms with E-state index in [4.69, 9.17) is 0 Å². The monoisotopic (exact) mass is 225 g/mol. The summed E-state index contributed by atoms with van der Waals surface area (Å²) < 4.78 is 1.74. The first-order chi connectivity index (χ1) is 7.49. The van der Waals surface area contributed by atoms with Gasteiger partial charge < -0.3 is 10.0 Å². The topological polar surface area (TPSA) is 41.3 Å². The molecule has 1 N–H and O–H groups in total. The van der Waals surface area contributed by atoms with Crippen molar-refractivity contribution in [2.75, 3.05) is 14.1 Å². The minimum absolute atomic E-state index is 0.214. The molecule has 0 aliphatic rings. The van der Waals surface area contributed by atoms with Gasteiger partial charge >= 0.3 is 0 Å². The molecule has 16 heavy (non-hydrogen) atoms. The van der Waals surface area contributed by atoms with Gasteiger partial charge in [-0.2, -0.15) is 5.10 Å². The summed E-state index contributed by atoms with van der Waals surface area (Å²) in [6.07, 6.45) is 3.03. The second-order valence-electron chi connectivity index (χ2n) is 4.49. The number of hydrogen-bond acceptors (Lipinski definition) is 3. The van der Waals surface area contributed by atoms with E-state index < -0.39 is 6.10 Å². The number of aliphatic hydroxyl groups is 1. The number of aromatic nitrogens is 2. The maximum atomic E-state index is 10.6. The van der Waals surface area contributed by atoms with E-state index in [1.807, 2.05) is 27.2 Å². The molecule has 0 aliphatic carbocycles. The Morgan fingerprint density at radius 2 is 2.00 bits per heavy atom. The van der Waals surface area contributed by atoms with E-state index in [0.717, 1.165) is 18.5 Å². The van der Waals surface area contributed by atoms with Crippen molar-refractivity contribution in [3.05, 3.63) is 18.0 Å². The molecule has 1 rings (SSSR count). The molecule has 0 saturated carbocycles. The third-order valence-corrected chi connectivity index (χ3v) is 3.76. The Morgan fingerprint density at radius 1 is 1.44 bits per heavy atom. The fourth-order valence-electron chi connectivity index (χ4n) is 2.44. The van der Waals surface area contributed by atoms with E-state index in [-0.39, 0.29) is 5.54 Å². The van der Waals surface area contributed by atoms with Crippen LogP contribution in [0.1, 0.15) is 38.5 Å². The van der Waals surface area contributed by atoms with Crippen LogP contribution in [0.15, 0.2) is 12.3 Å². The van der Waals surface area contributed by atoms with Crippen molar-refractivity contribution >= 4 is 0 Å². The highest BCUT2D eigenvalue weighted by molar-refractivity contribution is 5.11. The Morgan fingerprint density at radius 3 is 2.31 bits per heavy atom. The molecule has 4 nitrogen and oxygen atoms in total. The zero-order valence-corrected chi connectivity index (χ0v) is 10.9. The Balaban J connectivity index is 3.09.